The Kier molecular flexibility index (Phi) is 7.80. The molecular weight excluding hydrogens is 254 g/mol. The topological polar surface area (TPSA) is 48.3 Å². The molecule has 0 radical (unpaired) electrons. The van der Waals surface area contributed by atoms with Crippen LogP contribution in [0, 0.1) is 13.8 Å². The third-order valence-corrected chi connectivity index (χ3v) is 3.63. The maximum Gasteiger partial charge on any atom is 0.0662 e. The predicted octanol–water partition coefficient (Wildman–Crippen LogP) is 2.22. The van der Waals surface area contributed by atoms with Gasteiger partial charge in [-0.2, -0.15) is 5.10 Å². The molecule has 5 heteroatoms. The van der Waals surface area contributed by atoms with Gasteiger partial charge in [-0.05, 0) is 33.7 Å². The molecule has 0 saturated heterocycles. The summed E-state index contributed by atoms with van der Waals surface area (Å²) < 4.78 is 12.6. The molecule has 1 heterocycles. The molecule has 1 rings (SSSR count). The monoisotopic (exact) mass is 283 g/mol. The van der Waals surface area contributed by atoms with Crippen LogP contribution in [0.3, 0.4) is 0 Å². The molecule has 20 heavy (non-hydrogen) atoms. The lowest BCUT2D eigenvalue weighted by Gasteiger charge is -2.15. The van der Waals surface area contributed by atoms with Crippen molar-refractivity contribution in [3.8, 4) is 0 Å². The van der Waals surface area contributed by atoms with Gasteiger partial charge < -0.3 is 14.8 Å². The summed E-state index contributed by atoms with van der Waals surface area (Å²) in [6.45, 7) is 9.41. The first-order valence-corrected chi connectivity index (χ1v) is 7.43. The molecule has 5 nitrogen and oxygen atoms in total. The van der Waals surface area contributed by atoms with Crippen molar-refractivity contribution in [1.82, 2.24) is 15.1 Å². The van der Waals surface area contributed by atoms with Crippen LogP contribution < -0.4 is 5.32 Å². The Morgan fingerprint density at radius 1 is 1.25 bits per heavy atom. The van der Waals surface area contributed by atoms with Gasteiger partial charge >= 0.3 is 0 Å². The van der Waals surface area contributed by atoms with Crippen molar-refractivity contribution >= 4 is 0 Å². The van der Waals surface area contributed by atoms with E-state index in [0.29, 0.717) is 12.6 Å². The van der Waals surface area contributed by atoms with Gasteiger partial charge in [0, 0.05) is 37.6 Å². The molecule has 0 aliphatic carbocycles. The van der Waals surface area contributed by atoms with Crippen LogP contribution in [0.4, 0.5) is 0 Å². The summed E-state index contributed by atoms with van der Waals surface area (Å²) in [6, 6.07) is 0.381. The second-order valence-corrected chi connectivity index (χ2v) is 5.02. The molecule has 0 aliphatic rings. The van der Waals surface area contributed by atoms with Gasteiger partial charge in [0.1, 0.15) is 0 Å². The Bertz CT molecular complexity index is 387. The van der Waals surface area contributed by atoms with E-state index in [1.807, 2.05) is 7.05 Å². The van der Waals surface area contributed by atoms with Gasteiger partial charge in [-0.1, -0.05) is 6.92 Å². The van der Waals surface area contributed by atoms with Crippen molar-refractivity contribution in [2.45, 2.75) is 46.2 Å². The van der Waals surface area contributed by atoms with Crippen molar-refractivity contribution in [2.24, 2.45) is 0 Å². The molecule has 116 valence electrons. The number of nitrogens with one attached hydrogen (secondary N) is 1. The van der Waals surface area contributed by atoms with E-state index in [2.05, 4.69) is 35.9 Å². The van der Waals surface area contributed by atoms with Gasteiger partial charge in [0.2, 0.25) is 0 Å². The van der Waals surface area contributed by atoms with E-state index < -0.39 is 0 Å². The van der Waals surface area contributed by atoms with E-state index in [0.717, 1.165) is 38.3 Å². The normalized spacial score (nSPS) is 12.8. The summed E-state index contributed by atoms with van der Waals surface area (Å²) >= 11 is 0. The molecule has 0 bridgehead atoms. The molecular formula is C15H29N3O2. The summed E-state index contributed by atoms with van der Waals surface area (Å²) in [5, 5.41) is 7.99. The quantitative estimate of drug-likeness (QED) is 0.669. The summed E-state index contributed by atoms with van der Waals surface area (Å²) in [4.78, 5) is 0. The Morgan fingerprint density at radius 2 is 2.00 bits per heavy atom. The molecule has 0 spiro atoms. The largest absolute Gasteiger partial charge is 0.385 e. The smallest absolute Gasteiger partial charge is 0.0662 e. The third kappa shape index (κ3) is 4.58. The number of methoxy groups -OCH3 is 1. The van der Waals surface area contributed by atoms with Crippen LogP contribution in [-0.4, -0.2) is 43.8 Å². The lowest BCUT2D eigenvalue weighted by Crippen LogP contribution is -2.17. The van der Waals surface area contributed by atoms with Crippen LogP contribution in [0.2, 0.25) is 0 Å². The van der Waals surface area contributed by atoms with Gasteiger partial charge in [0.05, 0.1) is 18.8 Å². The Balaban J connectivity index is 2.53. The number of hydrogen-bond acceptors (Lipinski definition) is 4. The van der Waals surface area contributed by atoms with Crippen molar-refractivity contribution in [1.29, 1.82) is 0 Å². The van der Waals surface area contributed by atoms with Crippen LogP contribution in [0.5, 0.6) is 0 Å². The first-order chi connectivity index (χ1) is 9.65. The molecule has 0 fully saturated rings. The first-order valence-electron chi connectivity index (χ1n) is 7.43. The van der Waals surface area contributed by atoms with Crippen molar-refractivity contribution in [3.63, 3.8) is 0 Å². The Labute approximate surface area is 122 Å². The van der Waals surface area contributed by atoms with Crippen LogP contribution in [0.1, 0.15) is 42.8 Å². The van der Waals surface area contributed by atoms with E-state index in [1.54, 1.807) is 7.11 Å². The standard InChI is InChI=1S/C15H29N3O2/c1-6-14(16-4)15-12(2)17-18(13(15)3)8-11-20-10-7-9-19-5/h14,16H,6-11H2,1-5H3. The maximum absolute atomic E-state index is 5.60. The zero-order chi connectivity index (χ0) is 15.0. The second kappa shape index (κ2) is 9.10. The van der Waals surface area contributed by atoms with E-state index in [1.165, 1.54) is 11.3 Å². The van der Waals surface area contributed by atoms with E-state index in [-0.39, 0.29) is 0 Å². The zero-order valence-corrected chi connectivity index (χ0v) is 13.5. The fraction of sp³-hybridized carbons (Fsp3) is 0.800. The molecule has 1 atom stereocenters. The van der Waals surface area contributed by atoms with Crippen molar-refractivity contribution < 1.29 is 9.47 Å². The minimum atomic E-state index is 0.381. The predicted molar refractivity (Wildman–Crippen MR) is 81.1 cm³/mol. The van der Waals surface area contributed by atoms with E-state index in [4.69, 9.17) is 9.47 Å². The Hall–Kier alpha value is -0.910. The number of hydrogen-bond donors (Lipinski definition) is 1. The number of aromatic nitrogens is 2. The minimum absolute atomic E-state index is 0.381. The number of rotatable bonds is 10. The molecule has 1 N–H and O–H groups in total. The molecule has 1 aromatic rings. The van der Waals surface area contributed by atoms with Gasteiger partial charge in [0.25, 0.3) is 0 Å². The average Bonchev–Trinajstić information content (AvgIpc) is 2.72. The molecule has 0 saturated carbocycles. The summed E-state index contributed by atoms with van der Waals surface area (Å²) in [7, 11) is 3.71. The number of nitrogens with zero attached hydrogens (tertiary/aromatic N) is 2. The summed E-state index contributed by atoms with van der Waals surface area (Å²) in [5.41, 5.74) is 3.68. The van der Waals surface area contributed by atoms with Crippen LogP contribution in [-0.2, 0) is 16.0 Å². The first kappa shape index (κ1) is 17.1. The molecule has 0 aliphatic heterocycles. The fourth-order valence-corrected chi connectivity index (χ4v) is 2.54. The van der Waals surface area contributed by atoms with E-state index >= 15 is 0 Å². The minimum Gasteiger partial charge on any atom is -0.385 e. The van der Waals surface area contributed by atoms with Gasteiger partial charge in [0.15, 0.2) is 0 Å². The zero-order valence-electron chi connectivity index (χ0n) is 13.5. The SMILES string of the molecule is CCC(NC)c1c(C)nn(CCOCCCOC)c1C. The second-order valence-electron chi connectivity index (χ2n) is 5.02. The van der Waals surface area contributed by atoms with Gasteiger partial charge in [-0.25, -0.2) is 0 Å². The third-order valence-electron chi connectivity index (χ3n) is 3.63. The van der Waals surface area contributed by atoms with Crippen LogP contribution in [0.15, 0.2) is 0 Å². The average molecular weight is 283 g/mol. The summed E-state index contributed by atoms with van der Waals surface area (Å²) in [5.74, 6) is 0. The lowest BCUT2D eigenvalue weighted by molar-refractivity contribution is 0.0957. The maximum atomic E-state index is 5.60. The lowest BCUT2D eigenvalue weighted by atomic mass is 10.0. The highest BCUT2D eigenvalue weighted by molar-refractivity contribution is 5.28. The highest BCUT2D eigenvalue weighted by atomic mass is 16.5. The fourth-order valence-electron chi connectivity index (χ4n) is 2.54. The van der Waals surface area contributed by atoms with Crippen molar-refractivity contribution in [2.75, 3.05) is 34.0 Å². The van der Waals surface area contributed by atoms with Crippen molar-refractivity contribution in [3.05, 3.63) is 17.0 Å². The van der Waals surface area contributed by atoms with Crippen LogP contribution >= 0.6 is 0 Å². The molecule has 1 unspecified atom stereocenters. The van der Waals surface area contributed by atoms with Crippen LogP contribution in [0.25, 0.3) is 0 Å². The molecule has 0 aromatic carbocycles. The highest BCUT2D eigenvalue weighted by Crippen LogP contribution is 2.23. The summed E-state index contributed by atoms with van der Waals surface area (Å²) in [6.07, 6.45) is 2.01. The van der Waals surface area contributed by atoms with Gasteiger partial charge in [-0.15, -0.1) is 0 Å². The highest BCUT2D eigenvalue weighted by Gasteiger charge is 2.17. The number of ether oxygens (including phenoxy) is 2. The number of aryl methyl sites for hydroxylation is 1. The molecule has 0 amide bonds. The van der Waals surface area contributed by atoms with E-state index in [9.17, 15) is 0 Å². The Morgan fingerprint density at radius 3 is 2.60 bits per heavy atom. The van der Waals surface area contributed by atoms with Gasteiger partial charge in [-0.3, -0.25) is 4.68 Å². The molecule has 1 aromatic heterocycles.